The van der Waals surface area contributed by atoms with Crippen LogP contribution in [0.5, 0.6) is 0 Å². The van der Waals surface area contributed by atoms with E-state index in [0.717, 1.165) is 22.3 Å². The zero-order valence-electron chi connectivity index (χ0n) is 17.8. The van der Waals surface area contributed by atoms with Crippen molar-refractivity contribution in [2.45, 2.75) is 51.5 Å². The quantitative estimate of drug-likeness (QED) is 0.642. The highest BCUT2D eigenvalue weighted by Crippen LogP contribution is 2.29. The van der Waals surface area contributed by atoms with Gasteiger partial charge in [0, 0.05) is 19.1 Å². The van der Waals surface area contributed by atoms with E-state index in [1.165, 1.54) is 0 Å². The first-order valence-electron chi connectivity index (χ1n) is 10.2. The Morgan fingerprint density at radius 3 is 2.30 bits per heavy atom. The summed E-state index contributed by atoms with van der Waals surface area (Å²) in [5.41, 5.74) is 4.47. The summed E-state index contributed by atoms with van der Waals surface area (Å²) in [6.45, 7) is 8.49. The Morgan fingerprint density at radius 1 is 0.933 bits per heavy atom. The highest BCUT2D eigenvalue weighted by Gasteiger charge is 2.31. The Kier molecular flexibility index (Phi) is 5.28. The summed E-state index contributed by atoms with van der Waals surface area (Å²) in [6, 6.07) is 9.31. The normalized spacial score (nSPS) is 16.3. The topological polar surface area (TPSA) is 72.3 Å². The molecule has 0 saturated carbocycles. The molecule has 1 aliphatic rings. The van der Waals surface area contributed by atoms with Gasteiger partial charge in [-0.15, -0.1) is 0 Å². The Labute approximate surface area is 177 Å². The van der Waals surface area contributed by atoms with E-state index in [0.29, 0.717) is 41.7 Å². The van der Waals surface area contributed by atoms with Gasteiger partial charge >= 0.3 is 0 Å². The molecule has 2 heterocycles. The van der Waals surface area contributed by atoms with Crippen molar-refractivity contribution in [2.75, 3.05) is 13.1 Å². The average molecular weight is 426 g/mol. The summed E-state index contributed by atoms with van der Waals surface area (Å²) in [4.78, 5) is 17.8. The van der Waals surface area contributed by atoms with Crippen molar-refractivity contribution >= 4 is 20.9 Å². The van der Waals surface area contributed by atoms with Crippen LogP contribution >= 0.6 is 0 Å². The molecule has 1 aromatic heterocycles. The molecule has 158 valence electrons. The maximum Gasteiger partial charge on any atom is 0.261 e. The summed E-state index contributed by atoms with van der Waals surface area (Å²) < 4.78 is 29.7. The molecule has 6 nitrogen and oxygen atoms in total. The Bertz CT molecular complexity index is 1290. The fourth-order valence-corrected chi connectivity index (χ4v) is 5.98. The Hall–Kier alpha value is -2.51. The van der Waals surface area contributed by atoms with Gasteiger partial charge in [0.2, 0.25) is 10.0 Å². The van der Waals surface area contributed by atoms with Crippen molar-refractivity contribution in [3.8, 4) is 0 Å². The third-order valence-electron chi connectivity index (χ3n) is 6.16. The number of sulfonamides is 1. The van der Waals surface area contributed by atoms with Crippen molar-refractivity contribution < 1.29 is 8.42 Å². The summed E-state index contributed by atoms with van der Waals surface area (Å²) in [5.74, 6) is 0. The first kappa shape index (κ1) is 20.8. The highest BCUT2D eigenvalue weighted by molar-refractivity contribution is 7.89. The van der Waals surface area contributed by atoms with Crippen LogP contribution in [0.4, 0.5) is 0 Å². The predicted molar refractivity (Wildman–Crippen MR) is 118 cm³/mol. The van der Waals surface area contributed by atoms with Gasteiger partial charge in [-0.2, -0.15) is 4.31 Å². The molecule has 0 amide bonds. The van der Waals surface area contributed by atoms with Crippen molar-refractivity contribution in [3.63, 3.8) is 0 Å². The molecule has 0 radical (unpaired) electrons. The van der Waals surface area contributed by atoms with Gasteiger partial charge in [0.25, 0.3) is 5.56 Å². The van der Waals surface area contributed by atoms with Gasteiger partial charge in [-0.05, 0) is 75.4 Å². The molecule has 30 heavy (non-hydrogen) atoms. The molecule has 0 aliphatic carbocycles. The van der Waals surface area contributed by atoms with Crippen LogP contribution in [0, 0.1) is 27.7 Å². The van der Waals surface area contributed by atoms with Gasteiger partial charge in [0.15, 0.2) is 0 Å². The Balaban J connectivity index is 1.59. The van der Waals surface area contributed by atoms with Gasteiger partial charge in [0.05, 0.1) is 22.1 Å². The first-order chi connectivity index (χ1) is 14.2. The third kappa shape index (κ3) is 3.56. The van der Waals surface area contributed by atoms with E-state index in [-0.39, 0.29) is 11.6 Å². The van der Waals surface area contributed by atoms with Crippen LogP contribution in [-0.4, -0.2) is 35.4 Å². The second-order valence-corrected chi connectivity index (χ2v) is 10.2. The largest absolute Gasteiger partial charge is 0.296 e. The first-order valence-corrected chi connectivity index (χ1v) is 11.7. The van der Waals surface area contributed by atoms with Crippen molar-refractivity contribution in [2.24, 2.45) is 0 Å². The molecule has 0 unspecified atom stereocenters. The SMILES string of the molecule is Cc1ccc2ncn(C3CCN(S(=O)(=O)c4cc(C)c(C)cc4C)CC3)c(=O)c2c1. The highest BCUT2D eigenvalue weighted by atomic mass is 32.2. The van der Waals surface area contributed by atoms with Crippen molar-refractivity contribution in [1.82, 2.24) is 13.9 Å². The fourth-order valence-electron chi connectivity index (χ4n) is 4.22. The number of hydrogen-bond acceptors (Lipinski definition) is 4. The van der Waals surface area contributed by atoms with Crippen LogP contribution in [0.25, 0.3) is 10.9 Å². The van der Waals surface area contributed by atoms with Crippen LogP contribution < -0.4 is 5.56 Å². The molecular weight excluding hydrogens is 398 g/mol. The van der Waals surface area contributed by atoms with Gasteiger partial charge in [-0.1, -0.05) is 17.7 Å². The average Bonchev–Trinajstić information content (AvgIpc) is 2.71. The number of aryl methyl sites for hydroxylation is 4. The number of rotatable bonds is 3. The lowest BCUT2D eigenvalue weighted by atomic mass is 10.1. The Morgan fingerprint density at radius 2 is 1.60 bits per heavy atom. The van der Waals surface area contributed by atoms with E-state index in [1.807, 2.05) is 52.0 Å². The predicted octanol–water partition coefficient (Wildman–Crippen LogP) is 3.66. The lowest BCUT2D eigenvalue weighted by Crippen LogP contribution is -2.41. The smallest absolute Gasteiger partial charge is 0.261 e. The monoisotopic (exact) mass is 425 g/mol. The number of fused-ring (bicyclic) bond motifs is 1. The summed E-state index contributed by atoms with van der Waals surface area (Å²) in [7, 11) is -3.56. The molecule has 1 aliphatic heterocycles. The van der Waals surface area contributed by atoms with E-state index >= 15 is 0 Å². The van der Waals surface area contributed by atoms with Crippen LogP contribution in [0.3, 0.4) is 0 Å². The summed E-state index contributed by atoms with van der Waals surface area (Å²) in [6.07, 6.45) is 2.77. The number of nitrogens with zero attached hydrogens (tertiary/aromatic N) is 3. The molecule has 7 heteroatoms. The molecule has 1 fully saturated rings. The van der Waals surface area contributed by atoms with Gasteiger partial charge in [-0.3, -0.25) is 9.36 Å². The fraction of sp³-hybridized carbons (Fsp3) is 0.391. The van der Waals surface area contributed by atoms with Crippen LogP contribution in [0.2, 0.25) is 0 Å². The zero-order valence-corrected chi connectivity index (χ0v) is 18.7. The van der Waals surface area contributed by atoms with E-state index in [1.54, 1.807) is 21.3 Å². The number of aromatic nitrogens is 2. The van der Waals surface area contributed by atoms with Crippen LogP contribution in [0.15, 0.2) is 46.3 Å². The molecule has 0 bridgehead atoms. The van der Waals surface area contributed by atoms with E-state index in [4.69, 9.17) is 0 Å². The van der Waals surface area contributed by atoms with Gasteiger partial charge in [-0.25, -0.2) is 13.4 Å². The molecule has 0 spiro atoms. The van der Waals surface area contributed by atoms with Gasteiger partial charge < -0.3 is 0 Å². The maximum atomic E-state index is 13.2. The molecule has 2 aromatic carbocycles. The molecule has 0 N–H and O–H groups in total. The minimum atomic E-state index is -3.56. The lowest BCUT2D eigenvalue weighted by molar-refractivity contribution is 0.269. The summed E-state index contributed by atoms with van der Waals surface area (Å²) >= 11 is 0. The second kappa shape index (κ2) is 7.63. The third-order valence-corrected chi connectivity index (χ3v) is 8.20. The molecule has 4 rings (SSSR count). The lowest BCUT2D eigenvalue weighted by Gasteiger charge is -2.32. The maximum absolute atomic E-state index is 13.2. The van der Waals surface area contributed by atoms with Crippen molar-refractivity contribution in [3.05, 3.63) is 69.3 Å². The van der Waals surface area contributed by atoms with Crippen molar-refractivity contribution in [1.29, 1.82) is 0 Å². The molecule has 1 saturated heterocycles. The van der Waals surface area contributed by atoms with E-state index in [2.05, 4.69) is 4.98 Å². The number of benzene rings is 2. The standard InChI is InChI=1S/C23H27N3O3S/c1-15-5-6-21-20(11-15)23(27)26(14-24-21)19-7-9-25(10-8-19)30(28,29)22-13-17(3)16(2)12-18(22)4/h5-6,11-14,19H,7-10H2,1-4H3. The van der Waals surface area contributed by atoms with Crippen LogP contribution in [0.1, 0.15) is 41.1 Å². The minimum Gasteiger partial charge on any atom is -0.296 e. The second-order valence-electron chi connectivity index (χ2n) is 8.31. The molecule has 3 aromatic rings. The van der Waals surface area contributed by atoms with Crippen LogP contribution in [-0.2, 0) is 10.0 Å². The summed E-state index contributed by atoms with van der Waals surface area (Å²) in [5, 5.41) is 0.610. The number of piperidine rings is 1. The van der Waals surface area contributed by atoms with E-state index < -0.39 is 10.0 Å². The van der Waals surface area contributed by atoms with E-state index in [9.17, 15) is 13.2 Å². The molecular formula is C23H27N3O3S. The zero-order chi connectivity index (χ0) is 21.6. The number of hydrogen-bond donors (Lipinski definition) is 0. The molecule has 0 atom stereocenters. The minimum absolute atomic E-state index is 0.0535. The van der Waals surface area contributed by atoms with Gasteiger partial charge in [0.1, 0.15) is 0 Å².